The molecule has 0 aliphatic heterocycles. The zero-order valence-electron chi connectivity index (χ0n) is 17.9. The average molecular weight is 442 g/mol. The van der Waals surface area contributed by atoms with Gasteiger partial charge in [0.15, 0.2) is 0 Å². The van der Waals surface area contributed by atoms with Crippen LogP contribution in [0.2, 0.25) is 0 Å². The first-order chi connectivity index (χ1) is 14.5. The predicted molar refractivity (Wildman–Crippen MR) is 107 cm³/mol. The van der Waals surface area contributed by atoms with E-state index < -0.39 is 42.0 Å². The molecule has 31 heavy (non-hydrogen) atoms. The number of carbonyl (C=O) groups excluding carboxylic acids is 1. The van der Waals surface area contributed by atoms with Gasteiger partial charge in [-0.25, -0.2) is 9.18 Å². The van der Waals surface area contributed by atoms with Gasteiger partial charge in [-0.3, -0.25) is 0 Å². The lowest BCUT2D eigenvalue weighted by Gasteiger charge is -2.39. The number of halogens is 4. The van der Waals surface area contributed by atoms with Gasteiger partial charge >= 0.3 is 12.1 Å². The number of carbonyl (C=O) groups is 1. The fourth-order valence-corrected chi connectivity index (χ4v) is 3.44. The molecule has 0 aliphatic rings. The molecule has 170 valence electrons. The smallest absolute Gasteiger partial charge is 0.428 e. The van der Waals surface area contributed by atoms with Crippen LogP contribution in [-0.2, 0) is 26.3 Å². The van der Waals surface area contributed by atoms with E-state index in [1.54, 1.807) is 30.3 Å². The Kier molecular flexibility index (Phi) is 7.70. The molecule has 0 aromatic heterocycles. The highest BCUT2D eigenvalue weighted by atomic mass is 19.4. The lowest BCUT2D eigenvalue weighted by atomic mass is 9.74. The van der Waals surface area contributed by atoms with Gasteiger partial charge in [0.25, 0.3) is 5.60 Å². The van der Waals surface area contributed by atoms with Crippen molar-refractivity contribution in [2.45, 2.75) is 51.0 Å². The molecule has 2 aromatic carbocycles. The second-order valence-corrected chi connectivity index (χ2v) is 7.72. The molecule has 0 N–H and O–H groups in total. The number of ether oxygens (including phenoxy) is 3. The molecule has 0 heterocycles. The van der Waals surface area contributed by atoms with Crippen molar-refractivity contribution >= 4 is 5.97 Å². The van der Waals surface area contributed by atoms with Crippen molar-refractivity contribution in [1.82, 2.24) is 0 Å². The van der Waals surface area contributed by atoms with Crippen LogP contribution >= 0.6 is 0 Å². The van der Waals surface area contributed by atoms with E-state index in [1.807, 2.05) is 0 Å². The predicted octanol–water partition coefficient (Wildman–Crippen LogP) is 5.58. The van der Waals surface area contributed by atoms with Crippen molar-refractivity contribution in [1.29, 1.82) is 0 Å². The maximum Gasteiger partial charge on any atom is 0.428 e. The first-order valence-corrected chi connectivity index (χ1v) is 9.72. The third-order valence-electron chi connectivity index (χ3n) is 4.97. The van der Waals surface area contributed by atoms with Gasteiger partial charge in [0.2, 0.25) is 0 Å². The normalized spacial score (nSPS) is 14.1. The summed E-state index contributed by atoms with van der Waals surface area (Å²) in [6.07, 6.45) is -5.93. The Morgan fingerprint density at radius 3 is 2.23 bits per heavy atom. The van der Waals surface area contributed by atoms with E-state index in [0.29, 0.717) is 5.56 Å². The number of hydrogen-bond acceptors (Lipinski definition) is 4. The summed E-state index contributed by atoms with van der Waals surface area (Å²) < 4.78 is 72.5. The molecule has 2 aromatic rings. The zero-order chi connectivity index (χ0) is 23.3. The van der Waals surface area contributed by atoms with Crippen molar-refractivity contribution < 1.29 is 36.6 Å². The largest absolute Gasteiger partial charge is 0.496 e. The van der Waals surface area contributed by atoms with Crippen LogP contribution in [0.4, 0.5) is 17.6 Å². The van der Waals surface area contributed by atoms with E-state index in [2.05, 4.69) is 0 Å². The van der Waals surface area contributed by atoms with Crippen molar-refractivity contribution in [2.75, 3.05) is 13.7 Å². The molecule has 0 amide bonds. The molecule has 0 spiro atoms. The minimum atomic E-state index is -5.09. The fourth-order valence-electron chi connectivity index (χ4n) is 3.44. The number of benzene rings is 2. The van der Waals surface area contributed by atoms with Gasteiger partial charge in [0, 0.05) is 12.0 Å². The van der Waals surface area contributed by atoms with E-state index >= 15 is 0 Å². The molecule has 0 aliphatic carbocycles. The molecule has 0 saturated heterocycles. The second kappa shape index (κ2) is 9.68. The van der Waals surface area contributed by atoms with Crippen LogP contribution in [0.15, 0.2) is 48.5 Å². The summed E-state index contributed by atoms with van der Waals surface area (Å²) in [5, 5.41) is 0. The van der Waals surface area contributed by atoms with Crippen molar-refractivity contribution in [3.63, 3.8) is 0 Å². The average Bonchev–Trinajstić information content (AvgIpc) is 2.71. The first kappa shape index (κ1) is 24.7. The molecule has 4 nitrogen and oxygen atoms in total. The van der Waals surface area contributed by atoms with Gasteiger partial charge < -0.3 is 14.2 Å². The molecule has 0 radical (unpaired) electrons. The fraction of sp³-hybridized carbons (Fsp3) is 0.435. The van der Waals surface area contributed by atoms with E-state index in [1.165, 1.54) is 33.9 Å². The number of hydrogen-bond donors (Lipinski definition) is 0. The Morgan fingerprint density at radius 1 is 1.03 bits per heavy atom. The van der Waals surface area contributed by atoms with E-state index in [0.717, 1.165) is 12.1 Å². The SMILES string of the molecule is CCOC(=O)C(CC(C)(C)c1cc(F)ccc1OC)(OCc1ccccc1)C(F)(F)F. The molecule has 1 unspecified atom stereocenters. The van der Waals surface area contributed by atoms with Gasteiger partial charge in [0.1, 0.15) is 11.6 Å². The molecular weight excluding hydrogens is 416 g/mol. The van der Waals surface area contributed by atoms with Crippen LogP contribution in [0.5, 0.6) is 5.75 Å². The van der Waals surface area contributed by atoms with Crippen LogP contribution in [-0.4, -0.2) is 31.5 Å². The van der Waals surface area contributed by atoms with Crippen LogP contribution in [0.3, 0.4) is 0 Å². The third kappa shape index (κ3) is 5.55. The van der Waals surface area contributed by atoms with Crippen molar-refractivity contribution in [3.05, 3.63) is 65.5 Å². The summed E-state index contributed by atoms with van der Waals surface area (Å²) in [6, 6.07) is 11.8. The topological polar surface area (TPSA) is 44.8 Å². The Morgan fingerprint density at radius 2 is 1.68 bits per heavy atom. The molecule has 2 rings (SSSR count). The summed E-state index contributed by atoms with van der Waals surface area (Å²) in [5.74, 6) is -1.97. The van der Waals surface area contributed by atoms with Gasteiger partial charge in [-0.15, -0.1) is 0 Å². The lowest BCUT2D eigenvalue weighted by molar-refractivity contribution is -0.286. The summed E-state index contributed by atoms with van der Waals surface area (Å²) >= 11 is 0. The first-order valence-electron chi connectivity index (χ1n) is 9.72. The molecule has 0 bridgehead atoms. The Hall–Kier alpha value is -2.61. The van der Waals surface area contributed by atoms with E-state index in [-0.39, 0.29) is 17.9 Å². The van der Waals surface area contributed by atoms with E-state index in [4.69, 9.17) is 14.2 Å². The summed E-state index contributed by atoms with van der Waals surface area (Å²) in [7, 11) is 1.33. The van der Waals surface area contributed by atoms with Gasteiger partial charge in [-0.1, -0.05) is 44.2 Å². The Balaban J connectivity index is 2.55. The minimum absolute atomic E-state index is 0.177. The van der Waals surface area contributed by atoms with Gasteiger partial charge in [-0.2, -0.15) is 13.2 Å². The highest BCUT2D eigenvalue weighted by Crippen LogP contribution is 2.46. The third-order valence-corrected chi connectivity index (χ3v) is 4.97. The highest BCUT2D eigenvalue weighted by molar-refractivity contribution is 5.81. The number of alkyl halides is 3. The summed E-state index contributed by atoms with van der Waals surface area (Å²) in [5.41, 5.74) is -4.00. The standard InChI is InChI=1S/C23H26F4O4/c1-5-30-20(28)22(23(25,26)27,31-14-16-9-7-6-8-10-16)15-21(2,3)18-13-17(24)11-12-19(18)29-4/h6-13H,5,14-15H2,1-4H3. The van der Waals surface area contributed by atoms with Crippen LogP contribution < -0.4 is 4.74 Å². The summed E-state index contributed by atoms with van der Waals surface area (Å²) in [6.45, 7) is 3.63. The summed E-state index contributed by atoms with van der Waals surface area (Å²) in [4.78, 5) is 12.7. The van der Waals surface area contributed by atoms with Crippen LogP contribution in [0.1, 0.15) is 38.3 Å². The zero-order valence-corrected chi connectivity index (χ0v) is 17.9. The quantitative estimate of drug-likeness (QED) is 0.376. The maximum absolute atomic E-state index is 14.4. The molecule has 1 atom stereocenters. The van der Waals surface area contributed by atoms with Crippen molar-refractivity contribution in [2.24, 2.45) is 0 Å². The second-order valence-electron chi connectivity index (χ2n) is 7.72. The van der Waals surface area contributed by atoms with Gasteiger partial charge in [0.05, 0.1) is 20.3 Å². The molecule has 0 fully saturated rings. The minimum Gasteiger partial charge on any atom is -0.496 e. The van der Waals surface area contributed by atoms with Crippen LogP contribution in [0, 0.1) is 5.82 Å². The molecule has 8 heteroatoms. The molecular formula is C23H26F4O4. The molecule has 0 saturated carbocycles. The number of methoxy groups -OCH3 is 1. The number of esters is 1. The highest BCUT2D eigenvalue weighted by Gasteiger charge is 2.65. The van der Waals surface area contributed by atoms with Crippen LogP contribution in [0.25, 0.3) is 0 Å². The van der Waals surface area contributed by atoms with E-state index in [9.17, 15) is 22.4 Å². The lowest BCUT2D eigenvalue weighted by Crippen LogP contribution is -2.57. The Bertz CT molecular complexity index is 881. The maximum atomic E-state index is 14.4. The Labute approximate surface area is 179 Å². The van der Waals surface area contributed by atoms with Crippen molar-refractivity contribution in [3.8, 4) is 5.75 Å². The van der Waals surface area contributed by atoms with Gasteiger partial charge in [-0.05, 0) is 36.1 Å². The monoisotopic (exact) mass is 442 g/mol. The number of rotatable bonds is 9.